The zero-order valence-electron chi connectivity index (χ0n) is 11.1. The summed E-state index contributed by atoms with van der Waals surface area (Å²) in [5.74, 6) is 1.46. The highest BCUT2D eigenvalue weighted by atomic mass is 16.4. The Morgan fingerprint density at radius 1 is 1.30 bits per heavy atom. The van der Waals surface area contributed by atoms with Gasteiger partial charge < -0.3 is 15.7 Å². The number of nitrogens with zero attached hydrogens (tertiary/aromatic N) is 1. The maximum Gasteiger partial charge on any atom is 0.354 e. The van der Waals surface area contributed by atoms with E-state index in [2.05, 4.69) is 21.5 Å². The molecule has 0 saturated heterocycles. The van der Waals surface area contributed by atoms with Crippen molar-refractivity contribution in [3.8, 4) is 12.3 Å². The van der Waals surface area contributed by atoms with Crippen molar-refractivity contribution in [2.45, 2.75) is 25.8 Å². The van der Waals surface area contributed by atoms with E-state index < -0.39 is 5.97 Å². The number of hydrogen-bond donors (Lipinski definition) is 3. The van der Waals surface area contributed by atoms with Crippen molar-refractivity contribution < 1.29 is 14.7 Å². The summed E-state index contributed by atoms with van der Waals surface area (Å²) in [4.78, 5) is 25.8. The number of carbonyl (C=O) groups is 2. The lowest BCUT2D eigenvalue weighted by molar-refractivity contribution is 0.0690. The molecule has 6 heteroatoms. The Morgan fingerprint density at radius 2 is 2.10 bits per heavy atom. The molecule has 0 atom stereocenters. The molecule has 0 bridgehead atoms. The van der Waals surface area contributed by atoms with Gasteiger partial charge in [0, 0.05) is 25.7 Å². The average Bonchev–Trinajstić information content (AvgIpc) is 2.45. The summed E-state index contributed by atoms with van der Waals surface area (Å²) >= 11 is 0. The predicted molar refractivity (Wildman–Crippen MR) is 74.1 cm³/mol. The van der Waals surface area contributed by atoms with E-state index in [-0.39, 0.29) is 11.7 Å². The molecule has 0 aliphatic carbocycles. The molecule has 6 nitrogen and oxygen atoms in total. The van der Waals surface area contributed by atoms with Gasteiger partial charge >= 0.3 is 12.0 Å². The second kappa shape index (κ2) is 8.53. The third kappa shape index (κ3) is 5.87. The van der Waals surface area contributed by atoms with Gasteiger partial charge in [-0.25, -0.2) is 14.6 Å². The van der Waals surface area contributed by atoms with Crippen LogP contribution in [0.3, 0.4) is 0 Å². The minimum absolute atomic E-state index is 0.0216. The lowest BCUT2D eigenvalue weighted by Gasteiger charge is -2.07. The van der Waals surface area contributed by atoms with Gasteiger partial charge in [0.1, 0.15) is 5.69 Å². The third-order valence-corrected chi connectivity index (χ3v) is 2.53. The molecule has 1 heterocycles. The summed E-state index contributed by atoms with van der Waals surface area (Å²) in [5, 5.41) is 14.1. The van der Waals surface area contributed by atoms with Gasteiger partial charge in [-0.05, 0) is 24.5 Å². The largest absolute Gasteiger partial charge is 0.477 e. The molecule has 2 amide bonds. The van der Waals surface area contributed by atoms with Crippen LogP contribution in [-0.2, 0) is 6.54 Å². The first kappa shape index (κ1) is 15.5. The Morgan fingerprint density at radius 3 is 2.70 bits per heavy atom. The number of rotatable bonds is 7. The average molecular weight is 275 g/mol. The summed E-state index contributed by atoms with van der Waals surface area (Å²) in [5.41, 5.74) is 0.712. The summed E-state index contributed by atoms with van der Waals surface area (Å²) in [7, 11) is 0. The van der Waals surface area contributed by atoms with Gasteiger partial charge in [-0.2, -0.15) is 0 Å². The highest BCUT2D eigenvalue weighted by Crippen LogP contribution is 2.00. The highest BCUT2D eigenvalue weighted by molar-refractivity contribution is 5.85. The van der Waals surface area contributed by atoms with Gasteiger partial charge in [0.05, 0.1) is 0 Å². The number of nitrogens with one attached hydrogen (secondary N) is 2. The fourth-order valence-electron chi connectivity index (χ4n) is 1.45. The molecule has 3 N–H and O–H groups in total. The van der Waals surface area contributed by atoms with E-state index in [0.717, 1.165) is 18.4 Å². The first-order valence-electron chi connectivity index (χ1n) is 6.27. The Balaban J connectivity index is 2.24. The number of pyridine rings is 1. The van der Waals surface area contributed by atoms with Crippen LogP contribution in [0.5, 0.6) is 0 Å². The van der Waals surface area contributed by atoms with Crippen LogP contribution in [0.15, 0.2) is 18.3 Å². The van der Waals surface area contributed by atoms with E-state index in [4.69, 9.17) is 11.5 Å². The lowest BCUT2D eigenvalue weighted by Crippen LogP contribution is -2.35. The second-order valence-electron chi connectivity index (χ2n) is 4.13. The highest BCUT2D eigenvalue weighted by Gasteiger charge is 2.04. The van der Waals surface area contributed by atoms with Crippen LogP contribution >= 0.6 is 0 Å². The van der Waals surface area contributed by atoms with E-state index in [9.17, 15) is 9.59 Å². The zero-order chi connectivity index (χ0) is 14.8. The van der Waals surface area contributed by atoms with Gasteiger partial charge in [-0.3, -0.25) is 0 Å². The molecule has 1 rings (SSSR count). The fraction of sp³-hybridized carbons (Fsp3) is 0.357. The van der Waals surface area contributed by atoms with Crippen LogP contribution in [0, 0.1) is 12.3 Å². The van der Waals surface area contributed by atoms with Crippen molar-refractivity contribution in [1.29, 1.82) is 0 Å². The normalized spacial score (nSPS) is 9.55. The Hall–Kier alpha value is -2.55. The maximum atomic E-state index is 11.4. The van der Waals surface area contributed by atoms with Crippen LogP contribution in [-0.4, -0.2) is 28.6 Å². The lowest BCUT2D eigenvalue weighted by atomic mass is 10.2. The summed E-state index contributed by atoms with van der Waals surface area (Å²) in [6, 6.07) is 2.74. The molecule has 0 fully saturated rings. The zero-order valence-corrected chi connectivity index (χ0v) is 11.1. The molecular formula is C14H17N3O3. The van der Waals surface area contributed by atoms with Gasteiger partial charge in [-0.1, -0.05) is 6.07 Å². The summed E-state index contributed by atoms with van der Waals surface area (Å²) in [6.07, 6.45) is 8.99. The number of hydrogen-bond acceptors (Lipinski definition) is 3. The van der Waals surface area contributed by atoms with E-state index in [1.807, 2.05) is 0 Å². The molecule has 1 aromatic rings. The molecule has 106 valence electrons. The van der Waals surface area contributed by atoms with Gasteiger partial charge in [0.2, 0.25) is 0 Å². The second-order valence-corrected chi connectivity index (χ2v) is 4.13. The van der Waals surface area contributed by atoms with Crippen LogP contribution in [0.2, 0.25) is 0 Å². The third-order valence-electron chi connectivity index (χ3n) is 2.53. The number of aromatic nitrogens is 1. The summed E-state index contributed by atoms with van der Waals surface area (Å²) < 4.78 is 0. The summed E-state index contributed by atoms with van der Waals surface area (Å²) in [6.45, 7) is 0.868. The molecule has 0 aliphatic rings. The molecule has 0 unspecified atom stereocenters. The van der Waals surface area contributed by atoms with Crippen molar-refractivity contribution in [2.24, 2.45) is 0 Å². The predicted octanol–water partition coefficient (Wildman–Crippen LogP) is 1.38. The first-order chi connectivity index (χ1) is 9.63. The van der Waals surface area contributed by atoms with Crippen LogP contribution in [0.1, 0.15) is 35.3 Å². The van der Waals surface area contributed by atoms with Crippen molar-refractivity contribution in [1.82, 2.24) is 15.6 Å². The molecule has 0 spiro atoms. The number of unbranched alkanes of at least 4 members (excludes halogenated alkanes) is 2. The van der Waals surface area contributed by atoms with Crippen LogP contribution in [0.4, 0.5) is 4.79 Å². The Kier molecular flexibility index (Phi) is 6.62. The number of amides is 2. The van der Waals surface area contributed by atoms with Crippen molar-refractivity contribution >= 4 is 12.0 Å². The molecule has 1 aromatic heterocycles. The quantitative estimate of drug-likeness (QED) is 0.518. The van der Waals surface area contributed by atoms with Gasteiger partial charge in [0.25, 0.3) is 0 Å². The molecular weight excluding hydrogens is 258 g/mol. The number of terminal acetylenes is 1. The SMILES string of the molecule is C#CCCCCNC(=O)NCc1ccc(C(=O)O)nc1. The topological polar surface area (TPSA) is 91.3 Å². The number of urea groups is 1. The maximum absolute atomic E-state index is 11.4. The molecule has 0 aromatic carbocycles. The van der Waals surface area contributed by atoms with Gasteiger partial charge in [-0.15, -0.1) is 12.3 Å². The van der Waals surface area contributed by atoms with Crippen LogP contribution in [0.25, 0.3) is 0 Å². The molecule has 0 radical (unpaired) electrons. The van der Waals surface area contributed by atoms with Gasteiger partial charge in [0.15, 0.2) is 0 Å². The fourth-order valence-corrected chi connectivity index (χ4v) is 1.45. The van der Waals surface area contributed by atoms with E-state index in [1.165, 1.54) is 12.3 Å². The molecule has 0 saturated carbocycles. The monoisotopic (exact) mass is 275 g/mol. The number of carboxylic acid groups (broad SMARTS) is 1. The van der Waals surface area contributed by atoms with Crippen molar-refractivity contribution in [3.05, 3.63) is 29.6 Å². The van der Waals surface area contributed by atoms with Crippen molar-refractivity contribution in [2.75, 3.05) is 6.54 Å². The number of aromatic carboxylic acids is 1. The number of carboxylic acids is 1. The van der Waals surface area contributed by atoms with E-state index in [0.29, 0.717) is 19.5 Å². The standard InChI is InChI=1S/C14H17N3O3/c1-2-3-4-5-8-15-14(20)17-10-11-6-7-12(13(18)19)16-9-11/h1,6-7,9H,3-5,8,10H2,(H,18,19)(H2,15,17,20). The van der Waals surface area contributed by atoms with E-state index in [1.54, 1.807) is 6.07 Å². The molecule has 0 aliphatic heterocycles. The molecule has 20 heavy (non-hydrogen) atoms. The Bertz CT molecular complexity index is 491. The van der Waals surface area contributed by atoms with Crippen molar-refractivity contribution in [3.63, 3.8) is 0 Å². The minimum Gasteiger partial charge on any atom is -0.477 e. The smallest absolute Gasteiger partial charge is 0.354 e. The Labute approximate surface area is 117 Å². The van der Waals surface area contributed by atoms with E-state index >= 15 is 0 Å². The number of carbonyl (C=O) groups excluding carboxylic acids is 1. The first-order valence-corrected chi connectivity index (χ1v) is 6.27. The minimum atomic E-state index is -1.07. The van der Waals surface area contributed by atoms with Crippen LogP contribution < -0.4 is 10.6 Å².